The fourth-order valence-corrected chi connectivity index (χ4v) is 2.52. The maximum absolute atomic E-state index is 4.56. The molecule has 4 nitrogen and oxygen atoms in total. The van der Waals surface area contributed by atoms with Crippen molar-refractivity contribution in [2.24, 2.45) is 5.92 Å². The third-order valence-electron chi connectivity index (χ3n) is 3.89. The molecule has 2 heterocycles. The standard InChI is InChI=1S/C16H28N4/c1-12-6-7-13(2)20(11-12)15-17-8-14(9-18-15)10-19-16(3,4)5/h8-9,12-13,19H,6-7,10-11H2,1-5H3. The van der Waals surface area contributed by atoms with Gasteiger partial charge in [-0.25, -0.2) is 9.97 Å². The molecular weight excluding hydrogens is 248 g/mol. The van der Waals surface area contributed by atoms with E-state index in [1.807, 2.05) is 12.4 Å². The molecule has 2 unspecified atom stereocenters. The van der Waals surface area contributed by atoms with Crippen LogP contribution in [0.4, 0.5) is 5.95 Å². The van der Waals surface area contributed by atoms with Crippen molar-refractivity contribution < 1.29 is 0 Å². The zero-order valence-electron chi connectivity index (χ0n) is 13.5. The summed E-state index contributed by atoms with van der Waals surface area (Å²) in [6, 6.07) is 0.546. The van der Waals surface area contributed by atoms with E-state index >= 15 is 0 Å². The van der Waals surface area contributed by atoms with Gasteiger partial charge >= 0.3 is 0 Å². The second-order valence-electron chi connectivity index (χ2n) is 7.18. The minimum absolute atomic E-state index is 0.121. The summed E-state index contributed by atoms with van der Waals surface area (Å²) in [7, 11) is 0. The van der Waals surface area contributed by atoms with Crippen molar-refractivity contribution >= 4 is 5.95 Å². The first kappa shape index (κ1) is 15.2. The number of anilines is 1. The summed E-state index contributed by atoms with van der Waals surface area (Å²) in [5, 5.41) is 3.46. The van der Waals surface area contributed by atoms with E-state index in [2.05, 4.69) is 54.8 Å². The van der Waals surface area contributed by atoms with Crippen molar-refractivity contribution in [2.45, 2.75) is 65.6 Å². The van der Waals surface area contributed by atoms with Crippen LogP contribution in [0.25, 0.3) is 0 Å². The zero-order valence-corrected chi connectivity index (χ0v) is 13.5. The van der Waals surface area contributed by atoms with Crippen LogP contribution in [-0.2, 0) is 6.54 Å². The Labute approximate surface area is 123 Å². The van der Waals surface area contributed by atoms with Crippen LogP contribution in [0.15, 0.2) is 12.4 Å². The summed E-state index contributed by atoms with van der Waals surface area (Å²) in [4.78, 5) is 11.5. The molecule has 0 saturated carbocycles. The van der Waals surface area contributed by atoms with Crippen LogP contribution >= 0.6 is 0 Å². The largest absolute Gasteiger partial charge is 0.338 e. The van der Waals surface area contributed by atoms with Gasteiger partial charge in [-0.05, 0) is 46.5 Å². The molecule has 1 aromatic rings. The van der Waals surface area contributed by atoms with Crippen LogP contribution in [0, 0.1) is 5.92 Å². The molecule has 1 aliphatic rings. The van der Waals surface area contributed by atoms with Gasteiger partial charge in [-0.1, -0.05) is 6.92 Å². The molecule has 0 radical (unpaired) electrons. The monoisotopic (exact) mass is 276 g/mol. The Hall–Kier alpha value is -1.16. The molecule has 1 N–H and O–H groups in total. The average Bonchev–Trinajstić information content (AvgIpc) is 2.39. The van der Waals surface area contributed by atoms with Crippen LogP contribution in [-0.4, -0.2) is 28.1 Å². The second kappa shape index (κ2) is 6.08. The first-order valence-electron chi connectivity index (χ1n) is 7.68. The van der Waals surface area contributed by atoms with Crippen LogP contribution in [0.1, 0.15) is 53.0 Å². The van der Waals surface area contributed by atoms with Crippen molar-refractivity contribution in [3.63, 3.8) is 0 Å². The van der Waals surface area contributed by atoms with Gasteiger partial charge in [-0.3, -0.25) is 0 Å². The van der Waals surface area contributed by atoms with Crippen molar-refractivity contribution in [1.29, 1.82) is 0 Å². The second-order valence-corrected chi connectivity index (χ2v) is 7.18. The molecule has 0 bridgehead atoms. The maximum atomic E-state index is 4.56. The SMILES string of the molecule is CC1CCC(C)N(c2ncc(CNC(C)(C)C)cn2)C1. The fraction of sp³-hybridized carbons (Fsp3) is 0.750. The first-order chi connectivity index (χ1) is 9.35. The molecule has 0 amide bonds. The van der Waals surface area contributed by atoms with E-state index in [0.29, 0.717) is 6.04 Å². The van der Waals surface area contributed by atoms with E-state index in [4.69, 9.17) is 0 Å². The fourth-order valence-electron chi connectivity index (χ4n) is 2.52. The first-order valence-corrected chi connectivity index (χ1v) is 7.68. The topological polar surface area (TPSA) is 41.1 Å². The summed E-state index contributed by atoms with van der Waals surface area (Å²) in [5.41, 5.74) is 1.26. The normalized spacial score (nSPS) is 23.9. The molecule has 1 aliphatic heterocycles. The number of rotatable bonds is 3. The van der Waals surface area contributed by atoms with Gasteiger partial charge in [0.15, 0.2) is 0 Å². The van der Waals surface area contributed by atoms with Crippen LogP contribution < -0.4 is 10.2 Å². The van der Waals surface area contributed by atoms with Crippen LogP contribution in [0.3, 0.4) is 0 Å². The van der Waals surface area contributed by atoms with Gasteiger partial charge in [-0.2, -0.15) is 0 Å². The van der Waals surface area contributed by atoms with Gasteiger partial charge in [0, 0.05) is 42.6 Å². The number of aromatic nitrogens is 2. The summed E-state index contributed by atoms with van der Waals surface area (Å²) in [5.74, 6) is 1.61. The highest BCUT2D eigenvalue weighted by Crippen LogP contribution is 2.24. The molecule has 1 saturated heterocycles. The van der Waals surface area contributed by atoms with E-state index in [0.717, 1.165) is 30.5 Å². The molecule has 1 aromatic heterocycles. The Balaban J connectivity index is 2.00. The summed E-state index contributed by atoms with van der Waals surface area (Å²) in [6.45, 7) is 13.0. The van der Waals surface area contributed by atoms with Gasteiger partial charge < -0.3 is 10.2 Å². The minimum Gasteiger partial charge on any atom is -0.338 e. The van der Waals surface area contributed by atoms with Crippen molar-refractivity contribution in [2.75, 3.05) is 11.4 Å². The molecular formula is C16H28N4. The van der Waals surface area contributed by atoms with Gasteiger partial charge in [0.25, 0.3) is 0 Å². The number of nitrogens with zero attached hydrogens (tertiary/aromatic N) is 3. The molecule has 4 heteroatoms. The average molecular weight is 276 g/mol. The minimum atomic E-state index is 0.121. The Morgan fingerprint density at radius 3 is 2.45 bits per heavy atom. The van der Waals surface area contributed by atoms with E-state index in [1.165, 1.54) is 12.8 Å². The van der Waals surface area contributed by atoms with Crippen molar-refractivity contribution in [3.8, 4) is 0 Å². The molecule has 0 aliphatic carbocycles. The Kier molecular flexibility index (Phi) is 4.63. The van der Waals surface area contributed by atoms with E-state index < -0.39 is 0 Å². The Morgan fingerprint density at radius 1 is 1.20 bits per heavy atom. The predicted molar refractivity (Wildman–Crippen MR) is 83.8 cm³/mol. The molecule has 1 fully saturated rings. The third kappa shape index (κ3) is 4.17. The lowest BCUT2D eigenvalue weighted by Crippen LogP contribution is -2.42. The lowest BCUT2D eigenvalue weighted by Gasteiger charge is -2.36. The quantitative estimate of drug-likeness (QED) is 0.921. The smallest absolute Gasteiger partial charge is 0.225 e. The third-order valence-corrected chi connectivity index (χ3v) is 3.89. The van der Waals surface area contributed by atoms with Crippen molar-refractivity contribution in [3.05, 3.63) is 18.0 Å². The van der Waals surface area contributed by atoms with E-state index in [9.17, 15) is 0 Å². The highest BCUT2D eigenvalue weighted by atomic mass is 15.3. The molecule has 0 aromatic carbocycles. The number of hydrogen-bond donors (Lipinski definition) is 1. The summed E-state index contributed by atoms with van der Waals surface area (Å²) < 4.78 is 0. The van der Waals surface area contributed by atoms with E-state index in [1.54, 1.807) is 0 Å². The van der Waals surface area contributed by atoms with Crippen molar-refractivity contribution in [1.82, 2.24) is 15.3 Å². The number of nitrogens with one attached hydrogen (secondary N) is 1. The van der Waals surface area contributed by atoms with Gasteiger partial charge in [0.05, 0.1) is 0 Å². The Bertz CT molecular complexity index is 421. The molecule has 112 valence electrons. The number of hydrogen-bond acceptors (Lipinski definition) is 4. The zero-order chi connectivity index (χ0) is 14.8. The highest BCUT2D eigenvalue weighted by Gasteiger charge is 2.24. The van der Waals surface area contributed by atoms with Crippen LogP contribution in [0.5, 0.6) is 0 Å². The van der Waals surface area contributed by atoms with Gasteiger partial charge in [0.2, 0.25) is 5.95 Å². The van der Waals surface area contributed by atoms with E-state index in [-0.39, 0.29) is 5.54 Å². The molecule has 0 spiro atoms. The maximum Gasteiger partial charge on any atom is 0.225 e. The lowest BCUT2D eigenvalue weighted by atomic mass is 9.95. The highest BCUT2D eigenvalue weighted by molar-refractivity contribution is 5.32. The Morgan fingerprint density at radius 2 is 1.85 bits per heavy atom. The molecule has 20 heavy (non-hydrogen) atoms. The lowest BCUT2D eigenvalue weighted by molar-refractivity contribution is 0.385. The van der Waals surface area contributed by atoms with Gasteiger partial charge in [0.1, 0.15) is 0 Å². The van der Waals surface area contributed by atoms with Crippen LogP contribution in [0.2, 0.25) is 0 Å². The molecule has 2 atom stereocenters. The number of piperidine rings is 1. The summed E-state index contributed by atoms with van der Waals surface area (Å²) in [6.07, 6.45) is 6.45. The summed E-state index contributed by atoms with van der Waals surface area (Å²) >= 11 is 0. The molecule has 2 rings (SSSR count). The predicted octanol–water partition coefficient (Wildman–Crippen LogP) is 2.99. The van der Waals surface area contributed by atoms with Gasteiger partial charge in [-0.15, -0.1) is 0 Å².